The van der Waals surface area contributed by atoms with Gasteiger partial charge in [-0.2, -0.15) is 13.2 Å². The average Bonchev–Trinajstić information content (AvgIpc) is 2.65. The second kappa shape index (κ2) is 8.68. The highest BCUT2D eigenvalue weighted by Crippen LogP contribution is 2.30. The van der Waals surface area contributed by atoms with Gasteiger partial charge in [0.25, 0.3) is 0 Å². The van der Waals surface area contributed by atoms with Crippen LogP contribution >= 0.6 is 0 Å². The second-order valence-corrected chi connectivity index (χ2v) is 8.11. The van der Waals surface area contributed by atoms with Crippen LogP contribution in [0.1, 0.15) is 38.7 Å². The maximum atomic E-state index is 12.7. The van der Waals surface area contributed by atoms with Crippen LogP contribution in [0.25, 0.3) is 0 Å². The molecular weight excluding hydrogens is 369 g/mol. The highest BCUT2D eigenvalue weighted by atomic mass is 19.4. The molecule has 0 radical (unpaired) electrons. The van der Waals surface area contributed by atoms with E-state index in [0.29, 0.717) is 50.4 Å². The molecule has 3 rings (SSSR count). The fourth-order valence-electron chi connectivity index (χ4n) is 4.12. The maximum Gasteiger partial charge on any atom is 0.417 e. The zero-order chi connectivity index (χ0) is 20.3. The summed E-state index contributed by atoms with van der Waals surface area (Å²) in [5.74, 6) is 1.74. The van der Waals surface area contributed by atoms with E-state index in [9.17, 15) is 18.0 Å². The highest BCUT2D eigenvalue weighted by Gasteiger charge is 2.31. The molecule has 1 saturated carbocycles. The Bertz CT molecular complexity index is 656. The molecule has 1 saturated heterocycles. The summed E-state index contributed by atoms with van der Waals surface area (Å²) < 4.78 is 38.0. The maximum absolute atomic E-state index is 12.7. The lowest BCUT2D eigenvalue weighted by Gasteiger charge is -2.37. The lowest BCUT2D eigenvalue weighted by atomic mass is 9.78. The summed E-state index contributed by atoms with van der Waals surface area (Å²) in [5, 5.41) is 3.20. The molecule has 0 spiro atoms. The van der Waals surface area contributed by atoms with Gasteiger partial charge in [0.2, 0.25) is 5.91 Å². The van der Waals surface area contributed by atoms with Gasteiger partial charge in [0.1, 0.15) is 5.82 Å². The Kier molecular flexibility index (Phi) is 6.47. The van der Waals surface area contributed by atoms with Gasteiger partial charge in [-0.3, -0.25) is 9.69 Å². The van der Waals surface area contributed by atoms with E-state index in [4.69, 9.17) is 0 Å². The third kappa shape index (κ3) is 5.16. The van der Waals surface area contributed by atoms with Crippen LogP contribution in [-0.4, -0.2) is 54.6 Å². The Morgan fingerprint density at radius 3 is 2.50 bits per heavy atom. The van der Waals surface area contributed by atoms with E-state index in [2.05, 4.69) is 29.0 Å². The zero-order valence-corrected chi connectivity index (χ0v) is 16.5. The third-order valence-corrected chi connectivity index (χ3v) is 6.19. The first-order valence-corrected chi connectivity index (χ1v) is 10.0. The fraction of sp³-hybridized carbons (Fsp3) is 0.700. The van der Waals surface area contributed by atoms with Crippen LogP contribution in [0.15, 0.2) is 18.3 Å². The van der Waals surface area contributed by atoms with Crippen molar-refractivity contribution in [3.05, 3.63) is 23.9 Å². The van der Waals surface area contributed by atoms with Gasteiger partial charge in [-0.15, -0.1) is 0 Å². The summed E-state index contributed by atoms with van der Waals surface area (Å²) >= 11 is 0. The molecule has 1 aliphatic carbocycles. The SMILES string of the molecule is CC1CCCC(NC(=O)CN2CCN(c3ccc(C(F)(F)F)cn3)CC2)C1C. The van der Waals surface area contributed by atoms with Gasteiger partial charge < -0.3 is 10.2 Å². The quantitative estimate of drug-likeness (QED) is 0.847. The first-order valence-electron chi connectivity index (χ1n) is 10.0. The molecule has 1 aliphatic heterocycles. The van der Waals surface area contributed by atoms with Crippen molar-refractivity contribution in [1.82, 2.24) is 15.2 Å². The van der Waals surface area contributed by atoms with Crippen LogP contribution in [0.2, 0.25) is 0 Å². The van der Waals surface area contributed by atoms with Crippen LogP contribution in [0.4, 0.5) is 19.0 Å². The zero-order valence-electron chi connectivity index (χ0n) is 16.5. The van der Waals surface area contributed by atoms with Crippen LogP contribution in [0, 0.1) is 11.8 Å². The summed E-state index contributed by atoms with van der Waals surface area (Å²) in [5.41, 5.74) is -0.738. The summed E-state index contributed by atoms with van der Waals surface area (Å²) in [6.07, 6.45) is -0.0555. The molecule has 0 aromatic carbocycles. The van der Waals surface area contributed by atoms with E-state index in [-0.39, 0.29) is 11.9 Å². The first kappa shape index (κ1) is 20.9. The van der Waals surface area contributed by atoms with Crippen molar-refractivity contribution >= 4 is 11.7 Å². The number of amides is 1. The standard InChI is InChI=1S/C20H29F3N4O/c1-14-4-3-5-17(15(14)2)25-19(28)13-26-8-10-27(11-9-26)18-7-6-16(12-24-18)20(21,22)23/h6-7,12,14-15,17H,3-5,8-11,13H2,1-2H3,(H,25,28). The van der Waals surface area contributed by atoms with E-state index in [0.717, 1.165) is 25.1 Å². The molecule has 3 atom stereocenters. The first-order chi connectivity index (χ1) is 13.2. The normalized spacial score (nSPS) is 26.9. The van der Waals surface area contributed by atoms with Gasteiger partial charge in [-0.25, -0.2) is 4.98 Å². The van der Waals surface area contributed by atoms with Crippen molar-refractivity contribution in [3.63, 3.8) is 0 Å². The number of carbonyl (C=O) groups excluding carboxylic acids is 1. The summed E-state index contributed by atoms with van der Waals surface area (Å²) in [6, 6.07) is 2.74. The molecule has 8 heteroatoms. The number of hydrogen-bond acceptors (Lipinski definition) is 4. The number of rotatable bonds is 4. The molecule has 5 nitrogen and oxygen atoms in total. The average molecular weight is 398 g/mol. The number of aromatic nitrogens is 1. The monoisotopic (exact) mass is 398 g/mol. The van der Waals surface area contributed by atoms with Crippen LogP contribution < -0.4 is 10.2 Å². The predicted molar refractivity (Wildman–Crippen MR) is 102 cm³/mol. The Balaban J connectivity index is 1.45. The molecule has 2 aliphatic rings. The molecule has 2 fully saturated rings. The number of carbonyl (C=O) groups is 1. The minimum atomic E-state index is -4.37. The van der Waals surface area contributed by atoms with E-state index in [1.54, 1.807) is 0 Å². The second-order valence-electron chi connectivity index (χ2n) is 8.11. The number of nitrogens with zero attached hydrogens (tertiary/aromatic N) is 3. The van der Waals surface area contributed by atoms with E-state index >= 15 is 0 Å². The van der Waals surface area contributed by atoms with Crippen molar-refractivity contribution < 1.29 is 18.0 Å². The Morgan fingerprint density at radius 1 is 1.18 bits per heavy atom. The van der Waals surface area contributed by atoms with E-state index < -0.39 is 11.7 Å². The number of hydrogen-bond donors (Lipinski definition) is 1. The molecule has 1 aromatic rings. The van der Waals surface area contributed by atoms with Crippen molar-refractivity contribution in [2.24, 2.45) is 11.8 Å². The molecule has 28 heavy (non-hydrogen) atoms. The topological polar surface area (TPSA) is 48.5 Å². The highest BCUT2D eigenvalue weighted by molar-refractivity contribution is 5.78. The predicted octanol–water partition coefficient (Wildman–Crippen LogP) is 3.16. The Hall–Kier alpha value is -1.83. The number of alkyl halides is 3. The molecule has 156 valence electrons. The lowest BCUT2D eigenvalue weighted by Crippen LogP contribution is -2.52. The largest absolute Gasteiger partial charge is 0.417 e. The molecule has 0 bridgehead atoms. The minimum Gasteiger partial charge on any atom is -0.354 e. The molecule has 1 N–H and O–H groups in total. The molecular formula is C20H29F3N4O. The Morgan fingerprint density at radius 2 is 1.89 bits per heavy atom. The molecule has 1 amide bonds. The van der Waals surface area contributed by atoms with Crippen LogP contribution in [0.3, 0.4) is 0 Å². The molecule has 2 heterocycles. The summed E-state index contributed by atoms with van der Waals surface area (Å²) in [4.78, 5) is 20.4. The number of nitrogens with one attached hydrogen (secondary N) is 1. The third-order valence-electron chi connectivity index (χ3n) is 6.19. The van der Waals surface area contributed by atoms with E-state index in [1.165, 1.54) is 12.5 Å². The lowest BCUT2D eigenvalue weighted by molar-refractivity contribution is -0.137. The fourth-order valence-corrected chi connectivity index (χ4v) is 4.12. The number of anilines is 1. The number of halogens is 3. The Labute approximate surface area is 164 Å². The number of pyridine rings is 1. The van der Waals surface area contributed by atoms with Crippen molar-refractivity contribution in [2.75, 3.05) is 37.6 Å². The molecule has 3 unspecified atom stereocenters. The smallest absolute Gasteiger partial charge is 0.354 e. The van der Waals surface area contributed by atoms with Gasteiger partial charge in [-0.05, 0) is 30.4 Å². The van der Waals surface area contributed by atoms with Crippen molar-refractivity contribution in [3.8, 4) is 0 Å². The van der Waals surface area contributed by atoms with Crippen molar-refractivity contribution in [1.29, 1.82) is 0 Å². The van der Waals surface area contributed by atoms with Gasteiger partial charge >= 0.3 is 6.18 Å². The molecule has 1 aromatic heterocycles. The van der Waals surface area contributed by atoms with E-state index in [1.807, 2.05) is 4.90 Å². The summed E-state index contributed by atoms with van der Waals surface area (Å²) in [6.45, 7) is 7.48. The van der Waals surface area contributed by atoms with Crippen LogP contribution in [-0.2, 0) is 11.0 Å². The minimum absolute atomic E-state index is 0.0621. The summed E-state index contributed by atoms with van der Waals surface area (Å²) in [7, 11) is 0. The van der Waals surface area contributed by atoms with Gasteiger partial charge in [0, 0.05) is 38.4 Å². The van der Waals surface area contributed by atoms with Crippen molar-refractivity contribution in [2.45, 2.75) is 45.3 Å². The van der Waals surface area contributed by atoms with Gasteiger partial charge in [0.15, 0.2) is 0 Å². The van der Waals surface area contributed by atoms with Gasteiger partial charge in [0.05, 0.1) is 12.1 Å². The number of piperazine rings is 1. The van der Waals surface area contributed by atoms with Gasteiger partial charge in [-0.1, -0.05) is 26.7 Å². The van der Waals surface area contributed by atoms with Crippen LogP contribution in [0.5, 0.6) is 0 Å².